The van der Waals surface area contributed by atoms with Crippen LogP contribution in [-0.4, -0.2) is 43.0 Å². The predicted octanol–water partition coefficient (Wildman–Crippen LogP) is 2.01. The highest BCUT2D eigenvalue weighted by atomic mass is 35.5. The standard InChI is InChI=1S/C19H23ClN4O2/c1-21-19(25)18-14-11-24(9-8-16(14)22-23-18)10-12-6-7-17(26-12)13-4-2-3-5-15(13)20/h2-7,14,16,18,22-23H,8-11H2,1H3,(H,21,25). The zero-order chi connectivity index (χ0) is 18.1. The van der Waals surface area contributed by atoms with Crippen molar-refractivity contribution in [3.8, 4) is 11.3 Å². The van der Waals surface area contributed by atoms with Gasteiger partial charge in [-0.1, -0.05) is 23.7 Å². The Morgan fingerprint density at radius 3 is 2.96 bits per heavy atom. The normalized spacial score (nSPS) is 25.8. The van der Waals surface area contributed by atoms with Gasteiger partial charge in [0.25, 0.3) is 0 Å². The maximum absolute atomic E-state index is 12.1. The highest BCUT2D eigenvalue weighted by Crippen LogP contribution is 2.30. The van der Waals surface area contributed by atoms with Crippen molar-refractivity contribution in [3.05, 3.63) is 47.2 Å². The van der Waals surface area contributed by atoms with Crippen LogP contribution in [0, 0.1) is 5.92 Å². The highest BCUT2D eigenvalue weighted by molar-refractivity contribution is 6.33. The summed E-state index contributed by atoms with van der Waals surface area (Å²) >= 11 is 6.26. The first-order chi connectivity index (χ1) is 12.7. The molecule has 1 aromatic carbocycles. The first-order valence-corrected chi connectivity index (χ1v) is 9.32. The number of carbonyl (C=O) groups excluding carboxylic acids is 1. The van der Waals surface area contributed by atoms with E-state index in [0.717, 1.165) is 43.1 Å². The topological polar surface area (TPSA) is 69.5 Å². The van der Waals surface area contributed by atoms with E-state index in [0.29, 0.717) is 11.1 Å². The molecule has 6 nitrogen and oxygen atoms in total. The maximum Gasteiger partial charge on any atom is 0.238 e. The number of likely N-dealkylation sites (tertiary alicyclic amines) is 1. The molecule has 0 radical (unpaired) electrons. The van der Waals surface area contributed by atoms with E-state index in [9.17, 15) is 4.79 Å². The first kappa shape index (κ1) is 17.5. The third kappa shape index (κ3) is 3.38. The van der Waals surface area contributed by atoms with Crippen molar-refractivity contribution in [2.24, 2.45) is 5.92 Å². The number of amides is 1. The van der Waals surface area contributed by atoms with Crippen molar-refractivity contribution in [3.63, 3.8) is 0 Å². The number of hydrogen-bond acceptors (Lipinski definition) is 5. The van der Waals surface area contributed by atoms with Crippen LogP contribution in [-0.2, 0) is 11.3 Å². The van der Waals surface area contributed by atoms with Gasteiger partial charge in [-0.3, -0.25) is 15.1 Å². The second kappa shape index (κ2) is 7.40. The number of likely N-dealkylation sites (N-methyl/N-ethyl adjacent to an activating group) is 1. The summed E-state index contributed by atoms with van der Waals surface area (Å²) in [7, 11) is 1.68. The van der Waals surface area contributed by atoms with Gasteiger partial charge in [0.1, 0.15) is 17.6 Å². The molecule has 0 aliphatic carbocycles. The molecule has 0 spiro atoms. The van der Waals surface area contributed by atoms with Crippen molar-refractivity contribution in [1.82, 2.24) is 21.1 Å². The molecule has 2 fully saturated rings. The van der Waals surface area contributed by atoms with E-state index in [2.05, 4.69) is 21.1 Å². The Bertz CT molecular complexity index is 793. The van der Waals surface area contributed by atoms with Gasteiger partial charge < -0.3 is 9.73 Å². The van der Waals surface area contributed by atoms with Crippen LogP contribution in [0.15, 0.2) is 40.8 Å². The van der Waals surface area contributed by atoms with Crippen LogP contribution in [0.1, 0.15) is 12.2 Å². The lowest BCUT2D eigenvalue weighted by Gasteiger charge is -2.35. The highest BCUT2D eigenvalue weighted by Gasteiger charge is 2.42. The summed E-state index contributed by atoms with van der Waals surface area (Å²) in [6, 6.07) is 11.8. The fourth-order valence-corrected chi connectivity index (χ4v) is 4.15. The van der Waals surface area contributed by atoms with Crippen LogP contribution in [0.2, 0.25) is 5.02 Å². The van der Waals surface area contributed by atoms with Gasteiger partial charge in [0, 0.05) is 37.7 Å². The van der Waals surface area contributed by atoms with E-state index in [1.807, 2.05) is 36.4 Å². The third-order valence-corrected chi connectivity index (χ3v) is 5.63. The second-order valence-electron chi connectivity index (χ2n) is 6.92. The Morgan fingerprint density at radius 2 is 2.15 bits per heavy atom. The van der Waals surface area contributed by atoms with Crippen LogP contribution in [0.4, 0.5) is 0 Å². The minimum absolute atomic E-state index is 0.0332. The molecular weight excluding hydrogens is 352 g/mol. The molecule has 26 heavy (non-hydrogen) atoms. The number of nitrogens with zero attached hydrogens (tertiary/aromatic N) is 1. The van der Waals surface area contributed by atoms with Crippen LogP contribution in [0.3, 0.4) is 0 Å². The molecule has 1 amide bonds. The number of hydrazine groups is 1. The monoisotopic (exact) mass is 374 g/mol. The number of furan rings is 1. The molecule has 3 atom stereocenters. The summed E-state index contributed by atoms with van der Waals surface area (Å²) in [4.78, 5) is 14.4. The number of carbonyl (C=O) groups is 1. The van der Waals surface area contributed by atoms with Gasteiger partial charge >= 0.3 is 0 Å². The van der Waals surface area contributed by atoms with Crippen molar-refractivity contribution >= 4 is 17.5 Å². The Kier molecular flexibility index (Phi) is 5.00. The summed E-state index contributed by atoms with van der Waals surface area (Å²) in [5, 5.41) is 3.43. The quantitative estimate of drug-likeness (QED) is 0.763. The average Bonchev–Trinajstić information content (AvgIpc) is 3.28. The SMILES string of the molecule is CNC(=O)C1NNC2CCN(Cc3ccc(-c4ccccc4Cl)o3)CC21. The molecule has 2 aromatic rings. The number of piperidine rings is 1. The molecule has 1 aromatic heterocycles. The molecular formula is C19H23ClN4O2. The van der Waals surface area contributed by atoms with Crippen LogP contribution >= 0.6 is 11.6 Å². The summed E-state index contributed by atoms with van der Waals surface area (Å²) < 4.78 is 6.02. The lowest BCUT2D eigenvalue weighted by molar-refractivity contribution is -0.123. The van der Waals surface area contributed by atoms with E-state index in [-0.39, 0.29) is 17.9 Å². The van der Waals surface area contributed by atoms with Gasteiger partial charge in [0.15, 0.2) is 0 Å². The van der Waals surface area contributed by atoms with Gasteiger partial charge in [-0.05, 0) is 30.7 Å². The van der Waals surface area contributed by atoms with Crippen LogP contribution in [0.25, 0.3) is 11.3 Å². The predicted molar refractivity (Wildman–Crippen MR) is 100 cm³/mol. The Morgan fingerprint density at radius 1 is 1.31 bits per heavy atom. The Hall–Kier alpha value is -1.86. The number of fused-ring (bicyclic) bond motifs is 1. The van der Waals surface area contributed by atoms with Gasteiger partial charge in [-0.2, -0.15) is 0 Å². The fraction of sp³-hybridized carbons (Fsp3) is 0.421. The zero-order valence-electron chi connectivity index (χ0n) is 14.7. The Balaban J connectivity index is 1.44. The maximum atomic E-state index is 12.1. The molecule has 2 aliphatic rings. The van der Waals surface area contributed by atoms with Crippen molar-refractivity contribution < 1.29 is 9.21 Å². The second-order valence-corrected chi connectivity index (χ2v) is 7.33. The lowest BCUT2D eigenvalue weighted by Crippen LogP contribution is -2.49. The molecule has 7 heteroatoms. The molecule has 3 heterocycles. The van der Waals surface area contributed by atoms with Gasteiger partial charge in [-0.15, -0.1) is 0 Å². The van der Waals surface area contributed by atoms with Gasteiger partial charge in [0.2, 0.25) is 5.91 Å². The Labute approximate surface area is 157 Å². The number of halogens is 1. The molecule has 0 saturated carbocycles. The van der Waals surface area contributed by atoms with E-state index in [1.165, 1.54) is 0 Å². The largest absolute Gasteiger partial charge is 0.460 e. The molecule has 2 aliphatic heterocycles. The molecule has 138 valence electrons. The van der Waals surface area contributed by atoms with Crippen LogP contribution < -0.4 is 16.2 Å². The summed E-state index contributed by atoms with van der Waals surface area (Å²) in [6.45, 7) is 2.55. The number of hydrogen-bond donors (Lipinski definition) is 3. The van der Waals surface area contributed by atoms with E-state index >= 15 is 0 Å². The number of benzene rings is 1. The van der Waals surface area contributed by atoms with Crippen molar-refractivity contribution in [1.29, 1.82) is 0 Å². The molecule has 2 saturated heterocycles. The lowest BCUT2D eigenvalue weighted by atomic mass is 9.88. The average molecular weight is 375 g/mol. The minimum atomic E-state index is -0.192. The van der Waals surface area contributed by atoms with E-state index in [4.69, 9.17) is 16.0 Å². The first-order valence-electron chi connectivity index (χ1n) is 8.94. The zero-order valence-corrected chi connectivity index (χ0v) is 15.4. The summed E-state index contributed by atoms with van der Waals surface area (Å²) in [5.74, 6) is 1.98. The molecule has 3 unspecified atom stereocenters. The number of nitrogens with one attached hydrogen (secondary N) is 3. The van der Waals surface area contributed by atoms with Gasteiger partial charge in [-0.25, -0.2) is 5.43 Å². The molecule has 4 rings (SSSR count). The summed E-state index contributed by atoms with van der Waals surface area (Å²) in [6.07, 6.45) is 1.00. The summed E-state index contributed by atoms with van der Waals surface area (Å²) in [5.41, 5.74) is 7.31. The van der Waals surface area contributed by atoms with Crippen LogP contribution in [0.5, 0.6) is 0 Å². The fourth-order valence-electron chi connectivity index (χ4n) is 3.92. The number of rotatable bonds is 4. The third-order valence-electron chi connectivity index (χ3n) is 5.30. The van der Waals surface area contributed by atoms with E-state index in [1.54, 1.807) is 7.05 Å². The smallest absolute Gasteiger partial charge is 0.238 e. The van der Waals surface area contributed by atoms with E-state index < -0.39 is 0 Å². The van der Waals surface area contributed by atoms with Crippen molar-refractivity contribution in [2.75, 3.05) is 20.1 Å². The van der Waals surface area contributed by atoms with Gasteiger partial charge in [0.05, 0.1) is 11.6 Å². The van der Waals surface area contributed by atoms with Crippen molar-refractivity contribution in [2.45, 2.75) is 25.0 Å². The molecule has 3 N–H and O–H groups in total. The minimum Gasteiger partial charge on any atom is -0.460 e. The molecule has 0 bridgehead atoms.